The summed E-state index contributed by atoms with van der Waals surface area (Å²) in [5.74, 6) is 0.619. The van der Waals surface area contributed by atoms with Crippen LogP contribution in [0.25, 0.3) is 5.69 Å². The van der Waals surface area contributed by atoms with Crippen molar-refractivity contribution in [3.8, 4) is 5.69 Å². The van der Waals surface area contributed by atoms with E-state index in [4.69, 9.17) is 0 Å². The smallest absolute Gasteiger partial charge is 0.373 e. The van der Waals surface area contributed by atoms with Crippen molar-refractivity contribution in [2.24, 2.45) is 0 Å². The van der Waals surface area contributed by atoms with Crippen LogP contribution in [0.4, 0.5) is 18.9 Å². The molecule has 1 aliphatic carbocycles. The molecule has 1 fully saturated rings. The highest BCUT2D eigenvalue weighted by atomic mass is 19.4. The van der Waals surface area contributed by atoms with Gasteiger partial charge in [-0.1, -0.05) is 31.0 Å². The Hall–Kier alpha value is -2.90. The Morgan fingerprint density at radius 1 is 1.04 bits per heavy atom. The molecule has 0 radical (unpaired) electrons. The van der Waals surface area contributed by atoms with Crippen LogP contribution in [0.5, 0.6) is 0 Å². The molecule has 0 amide bonds. The Balaban J connectivity index is 1.74. The van der Waals surface area contributed by atoms with Gasteiger partial charge in [-0.05, 0) is 66.1 Å². The van der Waals surface area contributed by atoms with Crippen molar-refractivity contribution >= 4 is 5.69 Å². The molecule has 0 unspecified atom stereocenters. The first kappa shape index (κ1) is 18.5. The number of anilines is 1. The normalized spacial score (nSPS) is 16.3. The first-order valence-corrected chi connectivity index (χ1v) is 9.19. The fourth-order valence-corrected chi connectivity index (χ4v) is 3.85. The van der Waals surface area contributed by atoms with Crippen LogP contribution < -0.4 is 5.32 Å². The molecular formula is C20H20F3N5. The summed E-state index contributed by atoms with van der Waals surface area (Å²) in [5.41, 5.74) is 1.03. The van der Waals surface area contributed by atoms with Crippen molar-refractivity contribution in [2.75, 3.05) is 5.32 Å². The van der Waals surface area contributed by atoms with Gasteiger partial charge in [0.25, 0.3) is 0 Å². The van der Waals surface area contributed by atoms with Crippen LogP contribution in [0.2, 0.25) is 0 Å². The second kappa shape index (κ2) is 6.92. The highest BCUT2D eigenvalue weighted by Crippen LogP contribution is 2.42. The predicted octanol–water partition coefficient (Wildman–Crippen LogP) is 4.87. The Labute approximate surface area is 160 Å². The molecule has 28 heavy (non-hydrogen) atoms. The number of aryl methyl sites for hydroxylation is 1. The minimum Gasteiger partial charge on any atom is -0.373 e. The Bertz CT molecular complexity index is 974. The molecule has 8 heteroatoms. The molecule has 4 rings (SSSR count). The summed E-state index contributed by atoms with van der Waals surface area (Å²) in [5, 5.41) is 15.6. The zero-order chi connectivity index (χ0) is 19.8. The largest absolute Gasteiger partial charge is 0.416 e. The van der Waals surface area contributed by atoms with Crippen LogP contribution >= 0.6 is 0 Å². The lowest BCUT2D eigenvalue weighted by Crippen LogP contribution is -2.35. The minimum atomic E-state index is -4.39. The summed E-state index contributed by atoms with van der Waals surface area (Å²) in [6.45, 7) is 1.99. The van der Waals surface area contributed by atoms with Gasteiger partial charge in [-0.2, -0.15) is 17.9 Å². The Morgan fingerprint density at radius 2 is 1.79 bits per heavy atom. The van der Waals surface area contributed by atoms with E-state index in [0.29, 0.717) is 11.5 Å². The number of nitrogens with one attached hydrogen (secondary N) is 1. The summed E-state index contributed by atoms with van der Waals surface area (Å²) in [6, 6.07) is 13.1. The highest BCUT2D eigenvalue weighted by Gasteiger charge is 2.41. The number of halogens is 3. The van der Waals surface area contributed by atoms with Gasteiger partial charge in [0, 0.05) is 5.69 Å². The van der Waals surface area contributed by atoms with Crippen LogP contribution in [-0.2, 0) is 11.7 Å². The molecule has 0 bridgehead atoms. The average molecular weight is 387 g/mol. The van der Waals surface area contributed by atoms with Gasteiger partial charge in [0.2, 0.25) is 0 Å². The topological polar surface area (TPSA) is 55.6 Å². The maximum absolute atomic E-state index is 13.1. The van der Waals surface area contributed by atoms with E-state index in [0.717, 1.165) is 49.1 Å². The third-order valence-electron chi connectivity index (χ3n) is 5.17. The van der Waals surface area contributed by atoms with Crippen molar-refractivity contribution in [3.05, 3.63) is 65.5 Å². The van der Waals surface area contributed by atoms with Gasteiger partial charge in [-0.25, -0.2) is 0 Å². The molecule has 0 aliphatic heterocycles. The first-order valence-electron chi connectivity index (χ1n) is 9.19. The number of nitrogens with zero attached hydrogens (tertiary/aromatic N) is 4. The third kappa shape index (κ3) is 3.46. The van der Waals surface area contributed by atoms with Gasteiger partial charge in [0.1, 0.15) is 0 Å². The molecule has 2 aromatic carbocycles. The molecule has 1 N–H and O–H groups in total. The summed E-state index contributed by atoms with van der Waals surface area (Å²) < 4.78 is 41.0. The maximum Gasteiger partial charge on any atom is 0.416 e. The lowest BCUT2D eigenvalue weighted by atomic mass is 9.95. The lowest BCUT2D eigenvalue weighted by molar-refractivity contribution is -0.137. The van der Waals surface area contributed by atoms with E-state index in [2.05, 4.69) is 20.8 Å². The maximum atomic E-state index is 13.1. The molecule has 5 nitrogen and oxygen atoms in total. The molecular weight excluding hydrogens is 367 g/mol. The summed E-state index contributed by atoms with van der Waals surface area (Å²) in [7, 11) is 0. The standard InChI is InChI=1S/C20H20F3N5/c1-14-6-4-9-17(12-14)28-18(25-26-27-28)19(10-2-3-11-19)24-16-8-5-7-15(13-16)20(21,22)23/h4-9,12-13,24H,2-3,10-11H2,1H3. The van der Waals surface area contributed by atoms with E-state index in [1.54, 1.807) is 10.7 Å². The van der Waals surface area contributed by atoms with Crippen LogP contribution in [0.15, 0.2) is 48.5 Å². The SMILES string of the molecule is Cc1cccc(-n2nnnc2C2(Nc3cccc(C(F)(F)F)c3)CCCC2)c1. The van der Waals surface area contributed by atoms with Crippen molar-refractivity contribution in [2.45, 2.75) is 44.3 Å². The van der Waals surface area contributed by atoms with Crippen molar-refractivity contribution < 1.29 is 13.2 Å². The van der Waals surface area contributed by atoms with E-state index >= 15 is 0 Å². The zero-order valence-electron chi connectivity index (χ0n) is 15.4. The average Bonchev–Trinajstić information content (AvgIpc) is 3.31. The summed E-state index contributed by atoms with van der Waals surface area (Å²) in [6.07, 6.45) is -0.992. The number of alkyl halides is 3. The van der Waals surface area contributed by atoms with Gasteiger partial charge >= 0.3 is 6.18 Å². The Kier molecular flexibility index (Phi) is 4.56. The monoisotopic (exact) mass is 387 g/mol. The van der Waals surface area contributed by atoms with Crippen molar-refractivity contribution in [1.29, 1.82) is 0 Å². The molecule has 1 heterocycles. The van der Waals surface area contributed by atoms with E-state index in [1.165, 1.54) is 6.07 Å². The molecule has 1 saturated carbocycles. The lowest BCUT2D eigenvalue weighted by Gasteiger charge is -2.30. The van der Waals surface area contributed by atoms with E-state index < -0.39 is 17.3 Å². The number of rotatable bonds is 4. The minimum absolute atomic E-state index is 0.413. The van der Waals surface area contributed by atoms with E-state index in [-0.39, 0.29) is 0 Å². The molecule has 3 aromatic rings. The van der Waals surface area contributed by atoms with Crippen molar-refractivity contribution in [3.63, 3.8) is 0 Å². The van der Waals surface area contributed by atoms with Gasteiger partial charge in [-0.15, -0.1) is 5.10 Å². The molecule has 146 valence electrons. The summed E-state index contributed by atoms with van der Waals surface area (Å²) >= 11 is 0. The molecule has 0 saturated heterocycles. The quantitative estimate of drug-likeness (QED) is 0.694. The predicted molar refractivity (Wildman–Crippen MR) is 99.1 cm³/mol. The van der Waals surface area contributed by atoms with Crippen LogP contribution in [0.3, 0.4) is 0 Å². The highest BCUT2D eigenvalue weighted by molar-refractivity contribution is 5.50. The zero-order valence-corrected chi connectivity index (χ0v) is 15.4. The van der Waals surface area contributed by atoms with Crippen molar-refractivity contribution in [1.82, 2.24) is 20.2 Å². The van der Waals surface area contributed by atoms with Crippen LogP contribution in [-0.4, -0.2) is 20.2 Å². The number of tetrazole rings is 1. The van der Waals surface area contributed by atoms with Gasteiger partial charge in [0.15, 0.2) is 5.82 Å². The molecule has 1 aromatic heterocycles. The Morgan fingerprint density at radius 3 is 2.50 bits per heavy atom. The third-order valence-corrected chi connectivity index (χ3v) is 5.17. The first-order chi connectivity index (χ1) is 13.4. The fraction of sp³-hybridized carbons (Fsp3) is 0.350. The van der Waals surface area contributed by atoms with E-state index in [9.17, 15) is 13.2 Å². The molecule has 0 atom stereocenters. The van der Waals surface area contributed by atoms with Gasteiger partial charge < -0.3 is 5.32 Å². The van der Waals surface area contributed by atoms with Crippen LogP contribution in [0, 0.1) is 6.92 Å². The van der Waals surface area contributed by atoms with E-state index in [1.807, 2.05) is 31.2 Å². The second-order valence-electron chi connectivity index (χ2n) is 7.25. The fourth-order valence-electron chi connectivity index (χ4n) is 3.85. The number of hydrogen-bond donors (Lipinski definition) is 1. The molecule has 0 spiro atoms. The number of aromatic nitrogens is 4. The molecule has 1 aliphatic rings. The summed E-state index contributed by atoms with van der Waals surface area (Å²) in [4.78, 5) is 0. The van der Waals surface area contributed by atoms with Gasteiger partial charge in [0.05, 0.1) is 16.8 Å². The second-order valence-corrected chi connectivity index (χ2v) is 7.25. The van der Waals surface area contributed by atoms with Gasteiger partial charge in [-0.3, -0.25) is 0 Å². The number of benzene rings is 2. The number of hydrogen-bond acceptors (Lipinski definition) is 4. The van der Waals surface area contributed by atoms with Crippen LogP contribution in [0.1, 0.15) is 42.6 Å².